The summed E-state index contributed by atoms with van der Waals surface area (Å²) in [5.41, 5.74) is 0.226. The third kappa shape index (κ3) is 2.23. The molecule has 1 heterocycles. The summed E-state index contributed by atoms with van der Waals surface area (Å²) >= 11 is 6.16. The van der Waals surface area contributed by atoms with Gasteiger partial charge in [-0.1, -0.05) is 11.6 Å². The SMILES string of the molecule is COc1cc(O)c(-c2cc(C(=O)O)[nH]n2)c(Cl)c1OC. The van der Waals surface area contributed by atoms with Crippen molar-refractivity contribution in [3.05, 3.63) is 22.8 Å². The van der Waals surface area contributed by atoms with Gasteiger partial charge in [-0.3, -0.25) is 5.10 Å². The van der Waals surface area contributed by atoms with Gasteiger partial charge in [0.1, 0.15) is 11.4 Å². The van der Waals surface area contributed by atoms with E-state index in [1.54, 1.807) is 0 Å². The molecule has 0 atom stereocenters. The molecule has 2 aromatic rings. The predicted molar refractivity (Wildman–Crippen MR) is 70.8 cm³/mol. The highest BCUT2D eigenvalue weighted by molar-refractivity contribution is 6.35. The molecule has 0 aliphatic carbocycles. The van der Waals surface area contributed by atoms with Gasteiger partial charge in [0.2, 0.25) is 0 Å². The maximum Gasteiger partial charge on any atom is 0.353 e. The van der Waals surface area contributed by atoms with E-state index >= 15 is 0 Å². The molecule has 0 aliphatic heterocycles. The van der Waals surface area contributed by atoms with Crippen LogP contribution in [-0.4, -0.2) is 40.6 Å². The Kier molecular flexibility index (Phi) is 3.71. The van der Waals surface area contributed by atoms with Crippen molar-refractivity contribution in [1.82, 2.24) is 10.2 Å². The largest absolute Gasteiger partial charge is 0.507 e. The lowest BCUT2D eigenvalue weighted by Crippen LogP contribution is -1.95. The quantitative estimate of drug-likeness (QED) is 0.799. The fraction of sp³-hybridized carbons (Fsp3) is 0.167. The van der Waals surface area contributed by atoms with Crippen molar-refractivity contribution in [1.29, 1.82) is 0 Å². The number of aromatic carboxylic acids is 1. The Bertz CT molecular complexity index is 668. The Labute approximate surface area is 118 Å². The van der Waals surface area contributed by atoms with Crippen LogP contribution in [0.2, 0.25) is 5.02 Å². The molecule has 0 aliphatic rings. The van der Waals surface area contributed by atoms with Crippen LogP contribution in [0.1, 0.15) is 10.5 Å². The third-order valence-electron chi connectivity index (χ3n) is 2.66. The molecule has 106 valence electrons. The number of phenols is 1. The molecule has 20 heavy (non-hydrogen) atoms. The van der Waals surface area contributed by atoms with E-state index in [-0.39, 0.29) is 39.2 Å². The average Bonchev–Trinajstić information content (AvgIpc) is 2.87. The number of phenolic OH excluding ortho intramolecular Hbond substituents is 1. The number of hydrogen-bond donors (Lipinski definition) is 3. The van der Waals surface area contributed by atoms with Gasteiger partial charge in [0.05, 0.1) is 30.5 Å². The van der Waals surface area contributed by atoms with Gasteiger partial charge in [0, 0.05) is 6.07 Å². The van der Waals surface area contributed by atoms with Crippen LogP contribution in [0.5, 0.6) is 17.2 Å². The first-order valence-electron chi connectivity index (χ1n) is 5.42. The lowest BCUT2D eigenvalue weighted by Gasteiger charge is -2.13. The van der Waals surface area contributed by atoms with Crippen LogP contribution in [0.3, 0.4) is 0 Å². The van der Waals surface area contributed by atoms with Crippen molar-refractivity contribution in [3.63, 3.8) is 0 Å². The molecule has 1 aromatic carbocycles. The van der Waals surface area contributed by atoms with E-state index in [0.29, 0.717) is 0 Å². The number of aromatic nitrogens is 2. The molecule has 8 heteroatoms. The normalized spacial score (nSPS) is 10.3. The zero-order valence-corrected chi connectivity index (χ0v) is 11.4. The summed E-state index contributed by atoms with van der Waals surface area (Å²) in [6.07, 6.45) is 0. The van der Waals surface area contributed by atoms with E-state index in [9.17, 15) is 9.90 Å². The summed E-state index contributed by atoms with van der Waals surface area (Å²) in [7, 11) is 2.81. The van der Waals surface area contributed by atoms with Crippen molar-refractivity contribution >= 4 is 17.6 Å². The van der Waals surface area contributed by atoms with Gasteiger partial charge in [-0.2, -0.15) is 5.10 Å². The van der Waals surface area contributed by atoms with Gasteiger partial charge in [0.15, 0.2) is 11.5 Å². The van der Waals surface area contributed by atoms with Crippen LogP contribution in [0.15, 0.2) is 12.1 Å². The summed E-state index contributed by atoms with van der Waals surface area (Å²) in [5, 5.41) is 25.1. The minimum atomic E-state index is -1.17. The lowest BCUT2D eigenvalue weighted by atomic mass is 10.1. The highest BCUT2D eigenvalue weighted by Crippen LogP contribution is 2.46. The van der Waals surface area contributed by atoms with Crippen molar-refractivity contribution in [3.8, 4) is 28.5 Å². The predicted octanol–water partition coefficient (Wildman–Crippen LogP) is 2.15. The molecule has 0 amide bonds. The van der Waals surface area contributed by atoms with Gasteiger partial charge in [0.25, 0.3) is 0 Å². The van der Waals surface area contributed by atoms with Gasteiger partial charge in [-0.05, 0) is 6.07 Å². The molecule has 0 unspecified atom stereocenters. The highest BCUT2D eigenvalue weighted by atomic mass is 35.5. The third-order valence-corrected chi connectivity index (χ3v) is 3.02. The van der Waals surface area contributed by atoms with E-state index < -0.39 is 5.97 Å². The van der Waals surface area contributed by atoms with E-state index in [1.807, 2.05) is 0 Å². The second kappa shape index (κ2) is 5.30. The number of methoxy groups -OCH3 is 2. The number of nitrogens with zero attached hydrogens (tertiary/aromatic N) is 1. The molecule has 7 nitrogen and oxygen atoms in total. The number of hydrogen-bond acceptors (Lipinski definition) is 5. The number of rotatable bonds is 4. The fourth-order valence-corrected chi connectivity index (χ4v) is 2.10. The Morgan fingerprint density at radius 1 is 1.35 bits per heavy atom. The minimum absolute atomic E-state index is 0.0767. The van der Waals surface area contributed by atoms with Crippen molar-refractivity contribution in [2.24, 2.45) is 0 Å². The maximum absolute atomic E-state index is 10.8. The fourth-order valence-electron chi connectivity index (χ4n) is 1.74. The summed E-state index contributed by atoms with van der Waals surface area (Å²) in [4.78, 5) is 10.8. The summed E-state index contributed by atoms with van der Waals surface area (Å²) < 4.78 is 10.2. The number of nitrogens with one attached hydrogen (secondary N) is 1. The zero-order valence-electron chi connectivity index (χ0n) is 10.6. The molecule has 3 N–H and O–H groups in total. The van der Waals surface area contributed by atoms with Crippen LogP contribution >= 0.6 is 11.6 Å². The number of carboxylic acid groups (broad SMARTS) is 1. The summed E-state index contributed by atoms with van der Waals surface area (Å²) in [6, 6.07) is 2.57. The molecule has 0 saturated carbocycles. The monoisotopic (exact) mass is 298 g/mol. The summed E-state index contributed by atoms with van der Waals surface area (Å²) in [6.45, 7) is 0. The number of carboxylic acids is 1. The van der Waals surface area contributed by atoms with Crippen molar-refractivity contribution in [2.75, 3.05) is 14.2 Å². The maximum atomic E-state index is 10.8. The first-order valence-corrected chi connectivity index (χ1v) is 5.79. The first kappa shape index (κ1) is 14.0. The van der Waals surface area contributed by atoms with Gasteiger partial charge >= 0.3 is 5.97 Å². The van der Waals surface area contributed by atoms with Crippen LogP contribution in [-0.2, 0) is 0 Å². The van der Waals surface area contributed by atoms with Crippen LogP contribution < -0.4 is 9.47 Å². The van der Waals surface area contributed by atoms with E-state index in [4.69, 9.17) is 26.2 Å². The Hall–Kier alpha value is -2.41. The Morgan fingerprint density at radius 2 is 2.05 bits per heavy atom. The molecule has 1 aromatic heterocycles. The number of halogens is 1. The van der Waals surface area contributed by atoms with E-state index in [1.165, 1.54) is 26.4 Å². The smallest absolute Gasteiger partial charge is 0.353 e. The van der Waals surface area contributed by atoms with Gasteiger partial charge in [-0.25, -0.2) is 4.79 Å². The molecule has 0 fully saturated rings. The number of aromatic hydroxyl groups is 1. The molecule has 0 radical (unpaired) electrons. The lowest BCUT2D eigenvalue weighted by molar-refractivity contribution is 0.0690. The number of carbonyl (C=O) groups is 1. The molecular weight excluding hydrogens is 288 g/mol. The van der Waals surface area contributed by atoms with Crippen LogP contribution in [0.4, 0.5) is 0 Å². The van der Waals surface area contributed by atoms with E-state index in [0.717, 1.165) is 0 Å². The van der Waals surface area contributed by atoms with Crippen LogP contribution in [0.25, 0.3) is 11.3 Å². The molecule has 0 spiro atoms. The molecule has 0 bridgehead atoms. The minimum Gasteiger partial charge on any atom is -0.507 e. The number of H-pyrrole nitrogens is 1. The average molecular weight is 299 g/mol. The number of ether oxygens (including phenoxy) is 2. The molecule has 2 rings (SSSR count). The number of benzene rings is 1. The second-order valence-electron chi connectivity index (χ2n) is 3.79. The number of aromatic amines is 1. The highest BCUT2D eigenvalue weighted by Gasteiger charge is 2.22. The van der Waals surface area contributed by atoms with Gasteiger partial charge in [-0.15, -0.1) is 0 Å². The standard InChI is InChI=1S/C12H11ClN2O5/c1-19-8-4-7(16)9(10(13)11(8)20-2)5-3-6(12(17)18)15-14-5/h3-4,16H,1-2H3,(H,14,15)(H,17,18). The molecule has 0 saturated heterocycles. The van der Waals surface area contributed by atoms with Crippen LogP contribution in [0, 0.1) is 0 Å². The van der Waals surface area contributed by atoms with Crippen molar-refractivity contribution in [2.45, 2.75) is 0 Å². The first-order chi connectivity index (χ1) is 9.49. The second-order valence-corrected chi connectivity index (χ2v) is 4.17. The Balaban J connectivity index is 2.64. The van der Waals surface area contributed by atoms with Crippen molar-refractivity contribution < 1.29 is 24.5 Å². The topological polar surface area (TPSA) is 105 Å². The van der Waals surface area contributed by atoms with E-state index in [2.05, 4.69) is 10.2 Å². The van der Waals surface area contributed by atoms with Gasteiger partial charge < -0.3 is 19.7 Å². The molecular formula is C12H11ClN2O5. The zero-order chi connectivity index (χ0) is 14.9. The summed E-state index contributed by atoms with van der Waals surface area (Å²) in [5.74, 6) is -0.884. The Morgan fingerprint density at radius 3 is 2.55 bits per heavy atom.